The maximum atomic E-state index is 11.0. The number of carboxylic acid groups (broad SMARTS) is 1. The van der Waals surface area contributed by atoms with Gasteiger partial charge < -0.3 is 5.11 Å². The minimum Gasteiger partial charge on any atom is -0.478 e. The number of aryl methyl sites for hydroxylation is 1. The Morgan fingerprint density at radius 1 is 1.29 bits per heavy atom. The summed E-state index contributed by atoms with van der Waals surface area (Å²) in [6, 6.07) is 11.8. The largest absolute Gasteiger partial charge is 0.478 e. The molecule has 0 bridgehead atoms. The van der Waals surface area contributed by atoms with E-state index in [1.807, 2.05) is 31.2 Å². The highest BCUT2D eigenvalue weighted by atomic mass is 32.2. The van der Waals surface area contributed by atoms with E-state index in [1.165, 1.54) is 23.9 Å². The van der Waals surface area contributed by atoms with Gasteiger partial charge in [-0.3, -0.25) is 10.1 Å². The zero-order chi connectivity index (χ0) is 15.4. The van der Waals surface area contributed by atoms with Crippen LogP contribution in [0.2, 0.25) is 0 Å². The Labute approximate surface area is 125 Å². The van der Waals surface area contributed by atoms with Gasteiger partial charge in [-0.1, -0.05) is 24.3 Å². The Bertz CT molecular complexity index is 668. The first-order chi connectivity index (χ1) is 9.97. The molecule has 0 aliphatic rings. The lowest BCUT2D eigenvalue weighted by Crippen LogP contribution is -1.99. The molecule has 0 unspecified atom stereocenters. The van der Waals surface area contributed by atoms with Crippen LogP contribution in [-0.2, 0) is 5.75 Å². The molecule has 0 saturated heterocycles. The zero-order valence-corrected chi connectivity index (χ0v) is 12.1. The van der Waals surface area contributed by atoms with Crippen molar-refractivity contribution in [3.8, 4) is 0 Å². The first-order valence-electron chi connectivity index (χ1n) is 6.17. The van der Waals surface area contributed by atoms with Crippen molar-refractivity contribution >= 4 is 23.4 Å². The fraction of sp³-hybridized carbons (Fsp3) is 0.133. The van der Waals surface area contributed by atoms with Crippen LogP contribution in [0.25, 0.3) is 0 Å². The second kappa shape index (κ2) is 6.41. The average Bonchev–Trinajstić information content (AvgIpc) is 2.46. The van der Waals surface area contributed by atoms with Crippen LogP contribution in [0.5, 0.6) is 0 Å². The summed E-state index contributed by atoms with van der Waals surface area (Å²) in [6.07, 6.45) is 0. The summed E-state index contributed by atoms with van der Waals surface area (Å²) in [4.78, 5) is 21.9. The number of non-ortho nitro benzene ring substituents is 1. The van der Waals surface area contributed by atoms with Crippen LogP contribution in [-0.4, -0.2) is 16.0 Å². The summed E-state index contributed by atoms with van der Waals surface area (Å²) in [5.74, 6) is -0.538. The van der Waals surface area contributed by atoms with Crippen molar-refractivity contribution in [1.82, 2.24) is 0 Å². The number of nitrogens with zero attached hydrogens (tertiary/aromatic N) is 1. The molecule has 2 rings (SSSR count). The summed E-state index contributed by atoms with van der Waals surface area (Å²) in [7, 11) is 0. The standard InChI is InChI=1S/C15H13NO4S/c1-10-4-2-3-5-11(10)9-21-14-7-12(15(17)18)6-13(8-14)16(19)20/h2-8H,9H2,1H3,(H,17,18). The van der Waals surface area contributed by atoms with Gasteiger partial charge in [0.15, 0.2) is 0 Å². The van der Waals surface area contributed by atoms with Crippen LogP contribution < -0.4 is 0 Å². The summed E-state index contributed by atoms with van der Waals surface area (Å²) >= 11 is 1.38. The second-order valence-electron chi connectivity index (χ2n) is 4.49. The Kier molecular flexibility index (Phi) is 4.59. The predicted molar refractivity (Wildman–Crippen MR) is 80.8 cm³/mol. The normalized spacial score (nSPS) is 10.3. The lowest BCUT2D eigenvalue weighted by molar-refractivity contribution is -0.385. The number of aromatic carboxylic acids is 1. The van der Waals surface area contributed by atoms with Gasteiger partial charge in [-0.05, 0) is 24.1 Å². The van der Waals surface area contributed by atoms with Gasteiger partial charge in [-0.2, -0.15) is 0 Å². The number of nitro benzene ring substituents is 1. The van der Waals surface area contributed by atoms with Crippen molar-refractivity contribution in [2.75, 3.05) is 0 Å². The van der Waals surface area contributed by atoms with E-state index in [1.54, 1.807) is 0 Å². The van der Waals surface area contributed by atoms with Crippen LogP contribution in [0.4, 0.5) is 5.69 Å². The molecule has 0 spiro atoms. The molecule has 108 valence electrons. The van der Waals surface area contributed by atoms with Crippen LogP contribution in [0.15, 0.2) is 47.4 Å². The molecule has 0 atom stereocenters. The third kappa shape index (κ3) is 3.82. The van der Waals surface area contributed by atoms with E-state index in [9.17, 15) is 14.9 Å². The maximum absolute atomic E-state index is 11.0. The van der Waals surface area contributed by atoms with Crippen LogP contribution in [0, 0.1) is 17.0 Å². The SMILES string of the molecule is Cc1ccccc1CSc1cc(C(=O)O)cc([N+](=O)[O-])c1. The highest BCUT2D eigenvalue weighted by Crippen LogP contribution is 2.28. The molecule has 5 nitrogen and oxygen atoms in total. The first kappa shape index (κ1) is 15.1. The molecule has 0 saturated carbocycles. The molecule has 0 radical (unpaired) electrons. The summed E-state index contributed by atoms with van der Waals surface area (Å²) in [5.41, 5.74) is 1.97. The lowest BCUT2D eigenvalue weighted by atomic mass is 10.1. The molecule has 0 heterocycles. The summed E-state index contributed by atoms with van der Waals surface area (Å²) < 4.78 is 0. The van der Waals surface area contributed by atoms with Crippen molar-refractivity contribution in [3.63, 3.8) is 0 Å². The number of thioether (sulfide) groups is 1. The van der Waals surface area contributed by atoms with E-state index >= 15 is 0 Å². The molecular formula is C15H13NO4S. The molecular weight excluding hydrogens is 290 g/mol. The van der Waals surface area contributed by atoms with Gasteiger partial charge in [0, 0.05) is 22.8 Å². The highest BCUT2D eigenvalue weighted by molar-refractivity contribution is 7.98. The zero-order valence-electron chi connectivity index (χ0n) is 11.3. The highest BCUT2D eigenvalue weighted by Gasteiger charge is 2.14. The van der Waals surface area contributed by atoms with Gasteiger partial charge in [-0.25, -0.2) is 4.79 Å². The quantitative estimate of drug-likeness (QED) is 0.515. The molecule has 21 heavy (non-hydrogen) atoms. The molecule has 0 aliphatic heterocycles. The Morgan fingerprint density at radius 2 is 2.00 bits per heavy atom. The van der Waals surface area contributed by atoms with Crippen molar-refractivity contribution in [2.45, 2.75) is 17.6 Å². The van der Waals surface area contributed by atoms with E-state index in [4.69, 9.17) is 5.11 Å². The number of rotatable bonds is 5. The third-order valence-electron chi connectivity index (χ3n) is 3.00. The minimum atomic E-state index is -1.17. The van der Waals surface area contributed by atoms with Crippen LogP contribution in [0.3, 0.4) is 0 Å². The van der Waals surface area contributed by atoms with E-state index < -0.39 is 10.9 Å². The van der Waals surface area contributed by atoms with Gasteiger partial charge in [0.05, 0.1) is 10.5 Å². The van der Waals surface area contributed by atoms with Gasteiger partial charge in [-0.15, -0.1) is 11.8 Å². The van der Waals surface area contributed by atoms with Gasteiger partial charge in [0.2, 0.25) is 0 Å². The van der Waals surface area contributed by atoms with E-state index in [0.29, 0.717) is 10.6 Å². The molecule has 0 aliphatic carbocycles. The maximum Gasteiger partial charge on any atom is 0.335 e. The number of hydrogen-bond acceptors (Lipinski definition) is 4. The van der Waals surface area contributed by atoms with Crippen molar-refractivity contribution in [3.05, 3.63) is 69.3 Å². The molecule has 0 fully saturated rings. The Hall–Kier alpha value is -2.34. The molecule has 1 N–H and O–H groups in total. The average molecular weight is 303 g/mol. The first-order valence-corrected chi connectivity index (χ1v) is 7.16. The molecule has 2 aromatic rings. The number of carboxylic acids is 1. The van der Waals surface area contributed by atoms with Crippen LogP contribution in [0.1, 0.15) is 21.5 Å². The van der Waals surface area contributed by atoms with Gasteiger partial charge in [0.25, 0.3) is 5.69 Å². The lowest BCUT2D eigenvalue weighted by Gasteiger charge is -2.06. The van der Waals surface area contributed by atoms with Crippen molar-refractivity contribution in [1.29, 1.82) is 0 Å². The van der Waals surface area contributed by atoms with Crippen LogP contribution >= 0.6 is 11.8 Å². The fourth-order valence-electron chi connectivity index (χ4n) is 1.83. The third-order valence-corrected chi connectivity index (χ3v) is 4.03. The monoisotopic (exact) mass is 303 g/mol. The second-order valence-corrected chi connectivity index (χ2v) is 5.54. The topological polar surface area (TPSA) is 80.4 Å². The number of nitro groups is 1. The summed E-state index contributed by atoms with van der Waals surface area (Å²) in [6.45, 7) is 1.99. The van der Waals surface area contributed by atoms with Gasteiger partial charge in [0.1, 0.15) is 0 Å². The molecule has 2 aromatic carbocycles. The van der Waals surface area contributed by atoms with Crippen molar-refractivity contribution in [2.24, 2.45) is 0 Å². The number of carbonyl (C=O) groups is 1. The predicted octanol–water partition coefficient (Wildman–Crippen LogP) is 3.89. The van der Waals surface area contributed by atoms with E-state index in [-0.39, 0.29) is 11.3 Å². The van der Waals surface area contributed by atoms with E-state index in [0.717, 1.165) is 17.2 Å². The fourth-order valence-corrected chi connectivity index (χ4v) is 2.89. The molecule has 6 heteroatoms. The number of hydrogen-bond donors (Lipinski definition) is 1. The Balaban J connectivity index is 2.25. The van der Waals surface area contributed by atoms with Crippen molar-refractivity contribution < 1.29 is 14.8 Å². The van der Waals surface area contributed by atoms with E-state index in [2.05, 4.69) is 0 Å². The molecule has 0 aromatic heterocycles. The molecule has 0 amide bonds. The minimum absolute atomic E-state index is 0.0727. The summed E-state index contributed by atoms with van der Waals surface area (Å²) in [5, 5.41) is 19.9. The van der Waals surface area contributed by atoms with Gasteiger partial charge >= 0.3 is 5.97 Å². The number of benzene rings is 2. The Morgan fingerprint density at radius 3 is 2.62 bits per heavy atom. The smallest absolute Gasteiger partial charge is 0.335 e.